The van der Waals surface area contributed by atoms with Gasteiger partial charge in [0.1, 0.15) is 11.9 Å². The zero-order valence-corrected chi connectivity index (χ0v) is 17.4. The molecule has 1 atom stereocenters. The third-order valence-corrected chi connectivity index (χ3v) is 7.05. The van der Waals surface area contributed by atoms with E-state index >= 15 is 0 Å². The van der Waals surface area contributed by atoms with Crippen molar-refractivity contribution in [2.24, 2.45) is 0 Å². The molecular formula is C21H22N6O2S. The van der Waals surface area contributed by atoms with E-state index in [0.717, 1.165) is 24.2 Å². The number of carbonyl (C=O) groups is 2. The van der Waals surface area contributed by atoms with E-state index in [1.54, 1.807) is 23.7 Å². The van der Waals surface area contributed by atoms with Crippen molar-refractivity contribution in [1.29, 1.82) is 0 Å². The molecule has 8 nitrogen and oxygen atoms in total. The molecule has 3 amide bonds. The molecule has 154 valence electrons. The van der Waals surface area contributed by atoms with Gasteiger partial charge in [-0.15, -0.1) is 11.3 Å². The van der Waals surface area contributed by atoms with Crippen LogP contribution in [0.25, 0.3) is 10.2 Å². The standard InChI is InChI=1S/C21H22N6O2S/c1-14(16-2-3-18-17(8-16)24-13-30-18)26-6-4-21(5-7-26)19(28)27(20(29)25-21)11-15-9-22-12-23-10-15/h2-3,8-10,12-14H,4-7,11H2,1H3,(H,25,29). The number of carbonyl (C=O) groups excluding carboxylic acids is 2. The summed E-state index contributed by atoms with van der Waals surface area (Å²) in [6, 6.07) is 6.31. The maximum atomic E-state index is 13.1. The molecule has 30 heavy (non-hydrogen) atoms. The molecular weight excluding hydrogens is 400 g/mol. The number of aromatic nitrogens is 3. The molecule has 1 N–H and O–H groups in total. The molecule has 2 aliphatic heterocycles. The quantitative estimate of drug-likeness (QED) is 0.650. The molecule has 0 aliphatic carbocycles. The number of fused-ring (bicyclic) bond motifs is 1. The minimum Gasteiger partial charge on any atom is -0.323 e. The van der Waals surface area contributed by atoms with Gasteiger partial charge in [0.05, 0.1) is 22.3 Å². The van der Waals surface area contributed by atoms with E-state index in [1.165, 1.54) is 21.5 Å². The average molecular weight is 423 g/mol. The van der Waals surface area contributed by atoms with Crippen molar-refractivity contribution in [3.05, 3.63) is 53.6 Å². The summed E-state index contributed by atoms with van der Waals surface area (Å²) in [6.07, 6.45) is 5.88. The fourth-order valence-electron chi connectivity index (χ4n) is 4.39. The van der Waals surface area contributed by atoms with Crippen LogP contribution in [-0.2, 0) is 11.3 Å². The van der Waals surface area contributed by atoms with Gasteiger partial charge in [-0.25, -0.2) is 19.7 Å². The second kappa shape index (κ2) is 7.41. The van der Waals surface area contributed by atoms with Crippen LogP contribution in [-0.4, -0.2) is 55.3 Å². The lowest BCUT2D eigenvalue weighted by molar-refractivity contribution is -0.133. The maximum Gasteiger partial charge on any atom is 0.325 e. The summed E-state index contributed by atoms with van der Waals surface area (Å²) in [5.74, 6) is -0.146. The summed E-state index contributed by atoms with van der Waals surface area (Å²) >= 11 is 1.64. The molecule has 3 aromatic rings. The Hall–Kier alpha value is -2.91. The molecule has 0 radical (unpaired) electrons. The zero-order valence-electron chi connectivity index (χ0n) is 16.6. The first-order chi connectivity index (χ1) is 14.6. The lowest BCUT2D eigenvalue weighted by atomic mass is 9.86. The lowest BCUT2D eigenvalue weighted by Crippen LogP contribution is -2.55. The second-order valence-electron chi connectivity index (χ2n) is 7.94. The highest BCUT2D eigenvalue weighted by atomic mass is 32.1. The van der Waals surface area contributed by atoms with E-state index in [1.807, 2.05) is 5.51 Å². The van der Waals surface area contributed by atoms with Gasteiger partial charge in [-0.3, -0.25) is 14.6 Å². The number of hydrogen-bond donors (Lipinski definition) is 1. The number of nitrogens with zero attached hydrogens (tertiary/aromatic N) is 5. The Morgan fingerprint density at radius 3 is 2.73 bits per heavy atom. The molecule has 2 aliphatic rings. The van der Waals surface area contributed by atoms with E-state index in [0.29, 0.717) is 12.8 Å². The van der Waals surface area contributed by atoms with E-state index in [9.17, 15) is 9.59 Å². The first kappa shape index (κ1) is 19.1. The van der Waals surface area contributed by atoms with Gasteiger partial charge in [-0.05, 0) is 37.5 Å². The summed E-state index contributed by atoms with van der Waals surface area (Å²) in [5, 5.41) is 2.97. The van der Waals surface area contributed by atoms with Crippen LogP contribution in [0.1, 0.15) is 36.9 Å². The van der Waals surface area contributed by atoms with Gasteiger partial charge in [0.25, 0.3) is 5.91 Å². The van der Waals surface area contributed by atoms with E-state index in [-0.39, 0.29) is 24.5 Å². The summed E-state index contributed by atoms with van der Waals surface area (Å²) in [7, 11) is 0. The Bertz CT molecular complexity index is 1090. The SMILES string of the molecule is CC(c1ccc2scnc2c1)N1CCC2(CC1)NC(=O)N(Cc1cncnc1)C2=O. The number of nitrogens with one attached hydrogen (secondary N) is 1. The first-order valence-electron chi connectivity index (χ1n) is 10.0. The van der Waals surface area contributed by atoms with Crippen LogP contribution in [0, 0.1) is 0 Å². The number of amides is 3. The topological polar surface area (TPSA) is 91.3 Å². The molecule has 2 saturated heterocycles. The third kappa shape index (κ3) is 3.23. The van der Waals surface area contributed by atoms with Crippen molar-refractivity contribution in [3.8, 4) is 0 Å². The summed E-state index contributed by atoms with van der Waals surface area (Å²) in [4.78, 5) is 41.7. The van der Waals surface area contributed by atoms with Gasteiger partial charge in [0.15, 0.2) is 0 Å². The first-order valence-corrected chi connectivity index (χ1v) is 10.9. The van der Waals surface area contributed by atoms with Gasteiger partial charge >= 0.3 is 6.03 Å². The van der Waals surface area contributed by atoms with Crippen molar-refractivity contribution >= 4 is 33.5 Å². The molecule has 2 fully saturated rings. The predicted octanol–water partition coefficient (Wildman–Crippen LogP) is 2.73. The van der Waals surface area contributed by atoms with Gasteiger partial charge in [0, 0.05) is 37.1 Å². The van der Waals surface area contributed by atoms with Gasteiger partial charge in [0.2, 0.25) is 0 Å². The number of hydrogen-bond acceptors (Lipinski definition) is 7. The summed E-state index contributed by atoms with van der Waals surface area (Å²) in [6.45, 7) is 3.86. The average Bonchev–Trinajstić information content (AvgIpc) is 3.33. The smallest absolute Gasteiger partial charge is 0.323 e. The Morgan fingerprint density at radius 1 is 1.20 bits per heavy atom. The van der Waals surface area contributed by atoms with Crippen LogP contribution in [0.15, 0.2) is 42.4 Å². The highest BCUT2D eigenvalue weighted by Crippen LogP contribution is 2.34. The van der Waals surface area contributed by atoms with Crippen LogP contribution in [0.4, 0.5) is 4.79 Å². The minimum atomic E-state index is -0.804. The van der Waals surface area contributed by atoms with Crippen LogP contribution in [0.2, 0.25) is 0 Å². The molecule has 1 unspecified atom stereocenters. The lowest BCUT2D eigenvalue weighted by Gasteiger charge is -2.40. The van der Waals surface area contributed by atoms with Crippen LogP contribution < -0.4 is 5.32 Å². The number of likely N-dealkylation sites (tertiary alicyclic amines) is 1. The van der Waals surface area contributed by atoms with Crippen molar-refractivity contribution in [2.75, 3.05) is 13.1 Å². The van der Waals surface area contributed by atoms with E-state index in [2.05, 4.69) is 50.3 Å². The minimum absolute atomic E-state index is 0.146. The molecule has 2 aromatic heterocycles. The predicted molar refractivity (Wildman–Crippen MR) is 113 cm³/mol. The number of piperidine rings is 1. The fourth-order valence-corrected chi connectivity index (χ4v) is 5.05. The Kier molecular flexibility index (Phi) is 4.71. The fraction of sp³-hybridized carbons (Fsp3) is 0.381. The van der Waals surface area contributed by atoms with Gasteiger partial charge < -0.3 is 5.32 Å². The van der Waals surface area contributed by atoms with Crippen LogP contribution >= 0.6 is 11.3 Å². The van der Waals surface area contributed by atoms with Gasteiger partial charge in [-0.2, -0.15) is 0 Å². The number of imide groups is 1. The van der Waals surface area contributed by atoms with Crippen molar-refractivity contribution in [1.82, 2.24) is 30.1 Å². The highest BCUT2D eigenvalue weighted by Gasteiger charge is 2.52. The molecule has 9 heteroatoms. The monoisotopic (exact) mass is 422 g/mol. The maximum absolute atomic E-state index is 13.1. The normalized spacial score (nSPS) is 20.1. The molecule has 0 saturated carbocycles. The summed E-state index contributed by atoms with van der Waals surface area (Å²) < 4.78 is 1.19. The summed E-state index contributed by atoms with van der Waals surface area (Å²) in [5.41, 5.74) is 4.04. The van der Waals surface area contributed by atoms with E-state index < -0.39 is 5.54 Å². The van der Waals surface area contributed by atoms with Crippen molar-refractivity contribution < 1.29 is 9.59 Å². The number of thiazole rings is 1. The Labute approximate surface area is 177 Å². The Balaban J connectivity index is 1.27. The third-order valence-electron chi connectivity index (χ3n) is 6.24. The van der Waals surface area contributed by atoms with Crippen molar-refractivity contribution in [2.45, 2.75) is 37.9 Å². The molecule has 1 spiro atoms. The molecule has 4 heterocycles. The second-order valence-corrected chi connectivity index (χ2v) is 8.83. The van der Waals surface area contributed by atoms with Crippen LogP contribution in [0.3, 0.4) is 0 Å². The Morgan fingerprint density at radius 2 is 1.97 bits per heavy atom. The largest absolute Gasteiger partial charge is 0.325 e. The number of benzene rings is 1. The number of rotatable bonds is 4. The van der Waals surface area contributed by atoms with Crippen molar-refractivity contribution in [3.63, 3.8) is 0 Å². The van der Waals surface area contributed by atoms with E-state index in [4.69, 9.17) is 0 Å². The van der Waals surface area contributed by atoms with Crippen LogP contribution in [0.5, 0.6) is 0 Å². The zero-order chi connectivity index (χ0) is 20.7. The molecule has 5 rings (SSSR count). The number of urea groups is 1. The molecule has 0 bridgehead atoms. The van der Waals surface area contributed by atoms with Gasteiger partial charge in [-0.1, -0.05) is 6.07 Å². The highest BCUT2D eigenvalue weighted by molar-refractivity contribution is 7.16. The molecule has 1 aromatic carbocycles.